The van der Waals surface area contributed by atoms with Crippen LogP contribution in [0.4, 0.5) is 0 Å². The number of nitrogens with zero attached hydrogens (tertiary/aromatic N) is 2. The molecule has 0 amide bonds. The largest absolute Gasteiger partial charge is 0.493 e. The lowest BCUT2D eigenvalue weighted by Crippen LogP contribution is -2.34. The summed E-state index contributed by atoms with van der Waals surface area (Å²) in [5, 5.41) is 1.42. The summed E-state index contributed by atoms with van der Waals surface area (Å²) in [5.41, 5.74) is 3.92. The van der Waals surface area contributed by atoms with Gasteiger partial charge in [-0.05, 0) is 97.1 Å². The van der Waals surface area contributed by atoms with Crippen molar-refractivity contribution < 1.29 is 33.2 Å². The Morgan fingerprint density at radius 3 is 2.30 bits per heavy atom. The summed E-state index contributed by atoms with van der Waals surface area (Å²) in [7, 11) is 8.55. The van der Waals surface area contributed by atoms with Crippen LogP contribution in [0.1, 0.15) is 38.8 Å². The van der Waals surface area contributed by atoms with Crippen molar-refractivity contribution in [2.75, 3.05) is 42.0 Å². The summed E-state index contributed by atoms with van der Waals surface area (Å²) in [4.78, 5) is 20.7. The Balaban J connectivity index is 1.52. The minimum Gasteiger partial charge on any atom is -0.493 e. The van der Waals surface area contributed by atoms with Gasteiger partial charge in [-0.15, -0.1) is 0 Å². The molecule has 9 heteroatoms. The fourth-order valence-corrected chi connectivity index (χ4v) is 6.43. The highest BCUT2D eigenvalue weighted by atomic mass is 16.5. The van der Waals surface area contributed by atoms with Gasteiger partial charge in [0.05, 0.1) is 28.4 Å². The van der Waals surface area contributed by atoms with Gasteiger partial charge in [0.15, 0.2) is 34.5 Å². The molecule has 6 bridgehead atoms. The van der Waals surface area contributed by atoms with E-state index in [1.54, 1.807) is 58.9 Å². The molecular weight excluding hydrogens is 584 g/mol. The predicted molar refractivity (Wildman–Crippen MR) is 174 cm³/mol. The highest BCUT2D eigenvalue weighted by Gasteiger charge is 2.34. The third-order valence-electron chi connectivity index (χ3n) is 8.83. The second-order valence-electron chi connectivity index (χ2n) is 11.4. The molecule has 1 atom stereocenters. The van der Waals surface area contributed by atoms with Crippen molar-refractivity contribution in [1.29, 1.82) is 0 Å². The van der Waals surface area contributed by atoms with Crippen molar-refractivity contribution in [1.82, 2.24) is 9.88 Å². The number of aromatic nitrogens is 1. The predicted octanol–water partition coefficient (Wildman–Crippen LogP) is 7.17. The zero-order chi connectivity index (χ0) is 31.9. The van der Waals surface area contributed by atoms with Crippen LogP contribution in [0.5, 0.6) is 46.0 Å². The van der Waals surface area contributed by atoms with E-state index in [1.165, 1.54) is 0 Å². The monoisotopic (exact) mass is 618 g/mol. The molecule has 0 radical (unpaired) electrons. The van der Waals surface area contributed by atoms with Gasteiger partial charge in [0.1, 0.15) is 11.4 Å². The molecular formula is C37H34N2O7. The zero-order valence-electron chi connectivity index (χ0n) is 26.4. The normalized spacial score (nSPS) is 15.8. The van der Waals surface area contributed by atoms with Crippen LogP contribution >= 0.6 is 0 Å². The van der Waals surface area contributed by atoms with E-state index in [1.807, 2.05) is 36.4 Å². The summed E-state index contributed by atoms with van der Waals surface area (Å²) in [6, 6.07) is 20.5. The SMILES string of the molecule is COc1ccc2cc1Oc1ccc(cc1)C(=O)c1nccc3cc(OC)c(cc13)Oc1c(OC)c(OC)cc3c1[C@@H](C2)N(C)CC3. The Hall–Kier alpha value is -5.28. The molecule has 4 aromatic carbocycles. The lowest BCUT2D eigenvalue weighted by Gasteiger charge is -2.37. The van der Waals surface area contributed by atoms with Gasteiger partial charge in [0.2, 0.25) is 11.5 Å². The first-order valence-corrected chi connectivity index (χ1v) is 15.0. The molecule has 0 spiro atoms. The fraction of sp³-hybridized carbons (Fsp3) is 0.243. The Morgan fingerprint density at radius 2 is 1.57 bits per heavy atom. The number of pyridine rings is 1. The number of benzene rings is 4. The van der Waals surface area contributed by atoms with Crippen LogP contribution in [-0.2, 0) is 12.8 Å². The topological polar surface area (TPSA) is 88.6 Å². The van der Waals surface area contributed by atoms with Crippen LogP contribution in [-0.4, -0.2) is 57.7 Å². The highest BCUT2D eigenvalue weighted by Crippen LogP contribution is 2.51. The lowest BCUT2D eigenvalue weighted by molar-refractivity contribution is 0.103. The molecule has 0 unspecified atom stereocenters. The van der Waals surface area contributed by atoms with Crippen LogP contribution in [0, 0.1) is 0 Å². The molecule has 3 aliphatic heterocycles. The molecule has 8 rings (SSSR count). The average molecular weight is 619 g/mol. The number of ketones is 1. The maximum absolute atomic E-state index is 13.9. The van der Waals surface area contributed by atoms with Gasteiger partial charge in [-0.1, -0.05) is 6.07 Å². The minimum atomic E-state index is -0.230. The molecule has 0 saturated heterocycles. The number of fused-ring (bicyclic) bond motifs is 2. The van der Waals surface area contributed by atoms with E-state index in [4.69, 9.17) is 28.4 Å². The summed E-state index contributed by atoms with van der Waals surface area (Å²) in [6.45, 7) is 0.842. The van der Waals surface area contributed by atoms with E-state index in [0.29, 0.717) is 69.1 Å². The van der Waals surface area contributed by atoms with Crippen molar-refractivity contribution >= 4 is 16.6 Å². The quantitative estimate of drug-likeness (QED) is 0.208. The molecule has 46 heavy (non-hydrogen) atoms. The van der Waals surface area contributed by atoms with Gasteiger partial charge in [-0.25, -0.2) is 0 Å². The van der Waals surface area contributed by atoms with Gasteiger partial charge in [-0.2, -0.15) is 0 Å². The zero-order valence-corrected chi connectivity index (χ0v) is 26.4. The molecule has 9 nitrogen and oxygen atoms in total. The Morgan fingerprint density at radius 1 is 0.804 bits per heavy atom. The smallest absolute Gasteiger partial charge is 0.211 e. The molecule has 234 valence electrons. The molecule has 0 fully saturated rings. The van der Waals surface area contributed by atoms with Crippen molar-refractivity contribution in [3.8, 4) is 46.0 Å². The molecule has 5 aromatic rings. The molecule has 0 saturated carbocycles. The maximum Gasteiger partial charge on any atom is 0.211 e. The lowest BCUT2D eigenvalue weighted by atomic mass is 9.87. The van der Waals surface area contributed by atoms with Crippen LogP contribution in [0.2, 0.25) is 0 Å². The number of hydrogen-bond donors (Lipinski definition) is 0. The average Bonchev–Trinajstić information content (AvgIpc) is 3.08. The Kier molecular flexibility index (Phi) is 7.62. The van der Waals surface area contributed by atoms with Crippen LogP contribution in [0.15, 0.2) is 72.9 Å². The Labute approximate surface area is 267 Å². The third kappa shape index (κ3) is 5.02. The van der Waals surface area contributed by atoms with Crippen LogP contribution < -0.4 is 28.4 Å². The highest BCUT2D eigenvalue weighted by molar-refractivity contribution is 6.15. The number of ether oxygens (including phenoxy) is 6. The van der Waals surface area contributed by atoms with E-state index in [-0.39, 0.29) is 11.8 Å². The van der Waals surface area contributed by atoms with Crippen molar-refractivity contribution in [2.24, 2.45) is 0 Å². The molecule has 4 heterocycles. The number of hydrogen-bond acceptors (Lipinski definition) is 9. The molecule has 3 aliphatic rings. The molecule has 1 aromatic heterocycles. The van der Waals surface area contributed by atoms with E-state index >= 15 is 0 Å². The van der Waals surface area contributed by atoms with Crippen molar-refractivity contribution in [2.45, 2.75) is 18.9 Å². The number of carbonyl (C=O) groups is 1. The van der Waals surface area contributed by atoms with Crippen LogP contribution in [0.3, 0.4) is 0 Å². The van der Waals surface area contributed by atoms with Crippen molar-refractivity contribution in [3.63, 3.8) is 0 Å². The third-order valence-corrected chi connectivity index (χ3v) is 8.83. The second kappa shape index (κ2) is 11.9. The fourth-order valence-electron chi connectivity index (χ4n) is 6.43. The standard InChI is InChI=1S/C37H34N2O7/c1-39-15-13-24-19-32(43-4)36(44-5)37-33(24)27(39)16-21-6-11-28(41-2)30(17-21)45-25-9-7-22(8-10-25)35(40)34-26-20-31(46-37)29(42-3)18-23(26)12-14-38-34/h6-12,14,17-20,27H,13,15-16H2,1-5H3/t27-/m1/s1. The maximum atomic E-state index is 13.9. The van der Waals surface area contributed by atoms with Gasteiger partial charge in [0, 0.05) is 35.3 Å². The van der Waals surface area contributed by atoms with Crippen LogP contribution in [0.25, 0.3) is 10.8 Å². The van der Waals surface area contributed by atoms with E-state index in [2.05, 4.69) is 23.0 Å². The summed E-state index contributed by atoms with van der Waals surface area (Å²) < 4.78 is 36.4. The Bertz CT molecular complexity index is 1970. The first-order chi connectivity index (χ1) is 22.4. The number of rotatable bonds is 4. The van der Waals surface area contributed by atoms with Gasteiger partial charge in [-0.3, -0.25) is 14.7 Å². The minimum absolute atomic E-state index is 0.0803. The van der Waals surface area contributed by atoms with E-state index < -0.39 is 0 Å². The number of methoxy groups -OCH3 is 4. The first kappa shape index (κ1) is 29.4. The number of carbonyl (C=O) groups excluding carboxylic acids is 1. The van der Waals surface area contributed by atoms with Gasteiger partial charge < -0.3 is 28.4 Å². The number of likely N-dealkylation sites (N-methyl/N-ethyl adjacent to an activating group) is 1. The summed E-state index contributed by atoms with van der Waals surface area (Å²) >= 11 is 0. The van der Waals surface area contributed by atoms with E-state index in [0.717, 1.165) is 35.0 Å². The van der Waals surface area contributed by atoms with Gasteiger partial charge in [0.25, 0.3) is 0 Å². The van der Waals surface area contributed by atoms with E-state index in [9.17, 15) is 4.79 Å². The summed E-state index contributed by atoms with van der Waals surface area (Å²) in [6.07, 6.45) is 3.08. The first-order valence-electron chi connectivity index (χ1n) is 15.0. The summed E-state index contributed by atoms with van der Waals surface area (Å²) in [5.74, 6) is 4.04. The molecule has 0 aliphatic carbocycles. The second-order valence-corrected chi connectivity index (χ2v) is 11.4. The molecule has 0 N–H and O–H groups in total. The van der Waals surface area contributed by atoms with Crippen molar-refractivity contribution in [3.05, 3.63) is 101 Å². The van der Waals surface area contributed by atoms with Gasteiger partial charge >= 0.3 is 0 Å².